The number of fused-ring (bicyclic) bond motifs is 1. The molecule has 3 heterocycles. The van der Waals surface area contributed by atoms with Crippen LogP contribution in [0.2, 0.25) is 0 Å². The van der Waals surface area contributed by atoms with E-state index in [2.05, 4.69) is 4.98 Å². The summed E-state index contributed by atoms with van der Waals surface area (Å²) in [5.74, 6) is -1.01. The summed E-state index contributed by atoms with van der Waals surface area (Å²) in [6, 6.07) is 19.6. The standard InChI is InChI=1S/C34H30F2N4O4/c1-20-6-7-25(27(35)14-20)19-44-33-5-3-4-29(38-33)23-9-8-22(28(36)15-23)17-32-37-30-11-10-24(34(42)43)16-31(30)40(32)18-26-12-13-39(26)21(2)41/h3-11,14-16,26H,12-13,17-19H2,1-2H3,(H,42,43)/t26-/m1/s1. The van der Waals surface area contributed by atoms with Gasteiger partial charge in [-0.05, 0) is 60.9 Å². The number of ether oxygens (including phenoxy) is 1. The molecule has 10 heteroatoms. The minimum absolute atomic E-state index is 0.00978. The quantitative estimate of drug-likeness (QED) is 0.219. The third-order valence-corrected chi connectivity index (χ3v) is 8.02. The molecule has 0 radical (unpaired) electrons. The van der Waals surface area contributed by atoms with E-state index >= 15 is 4.39 Å². The number of carbonyl (C=O) groups excluding carboxylic acids is 1. The Labute approximate surface area is 252 Å². The number of carbonyl (C=O) groups is 2. The van der Waals surface area contributed by atoms with E-state index in [0.717, 1.165) is 12.0 Å². The van der Waals surface area contributed by atoms with E-state index in [4.69, 9.17) is 9.72 Å². The topological polar surface area (TPSA) is 97.5 Å². The summed E-state index contributed by atoms with van der Waals surface area (Å²) >= 11 is 0. The van der Waals surface area contributed by atoms with Gasteiger partial charge in [-0.25, -0.2) is 23.5 Å². The molecule has 1 aliphatic rings. The molecule has 1 N–H and O–H groups in total. The van der Waals surface area contributed by atoms with Crippen LogP contribution in [0.3, 0.4) is 0 Å². The Balaban J connectivity index is 1.25. The first-order valence-corrected chi connectivity index (χ1v) is 14.3. The maximum Gasteiger partial charge on any atom is 0.335 e. The summed E-state index contributed by atoms with van der Waals surface area (Å²) in [6.45, 7) is 4.45. The smallest absolute Gasteiger partial charge is 0.335 e. The maximum absolute atomic E-state index is 15.6. The van der Waals surface area contributed by atoms with Crippen LogP contribution in [-0.2, 0) is 24.4 Å². The van der Waals surface area contributed by atoms with Crippen molar-refractivity contribution in [2.75, 3.05) is 6.54 Å². The summed E-state index contributed by atoms with van der Waals surface area (Å²) in [7, 11) is 0. The first kappa shape index (κ1) is 29.0. The maximum atomic E-state index is 15.6. The van der Waals surface area contributed by atoms with Crippen molar-refractivity contribution in [3.63, 3.8) is 0 Å². The van der Waals surface area contributed by atoms with Crippen molar-refractivity contribution in [3.8, 4) is 17.1 Å². The third-order valence-electron chi connectivity index (χ3n) is 8.02. The fourth-order valence-electron chi connectivity index (χ4n) is 5.50. The van der Waals surface area contributed by atoms with Crippen molar-refractivity contribution >= 4 is 22.9 Å². The summed E-state index contributed by atoms with van der Waals surface area (Å²) in [5.41, 5.74) is 4.03. The number of hydrogen-bond acceptors (Lipinski definition) is 5. The molecular weight excluding hydrogens is 566 g/mol. The molecule has 6 rings (SSSR count). The number of hydrogen-bond donors (Lipinski definition) is 1. The average molecular weight is 597 g/mol. The number of likely N-dealkylation sites (tertiary alicyclic amines) is 1. The van der Waals surface area contributed by atoms with Gasteiger partial charge in [0.1, 0.15) is 24.1 Å². The molecule has 0 saturated carbocycles. The van der Waals surface area contributed by atoms with Gasteiger partial charge in [0.15, 0.2) is 0 Å². The van der Waals surface area contributed by atoms with Crippen LogP contribution in [0.15, 0.2) is 72.8 Å². The molecule has 0 aliphatic carbocycles. The summed E-state index contributed by atoms with van der Waals surface area (Å²) in [6.07, 6.45) is 0.977. The molecule has 1 amide bonds. The summed E-state index contributed by atoms with van der Waals surface area (Å²) in [5, 5.41) is 9.55. The molecule has 3 aromatic carbocycles. The number of imidazole rings is 1. The number of halogens is 2. The Morgan fingerprint density at radius 3 is 2.48 bits per heavy atom. The van der Waals surface area contributed by atoms with Gasteiger partial charge >= 0.3 is 5.97 Å². The number of pyridine rings is 1. The van der Waals surface area contributed by atoms with E-state index in [0.29, 0.717) is 52.3 Å². The van der Waals surface area contributed by atoms with Gasteiger partial charge in [-0.3, -0.25) is 4.79 Å². The number of aryl methyl sites for hydroxylation is 1. The monoisotopic (exact) mass is 596 g/mol. The summed E-state index contributed by atoms with van der Waals surface area (Å²) in [4.78, 5) is 34.7. The second kappa shape index (κ2) is 11.9. The Hall–Kier alpha value is -5.12. The van der Waals surface area contributed by atoms with Gasteiger partial charge in [-0.15, -0.1) is 0 Å². The van der Waals surface area contributed by atoms with Gasteiger partial charge in [-0.1, -0.05) is 30.3 Å². The number of rotatable bonds is 9. The Morgan fingerprint density at radius 2 is 1.77 bits per heavy atom. The number of aromatic carboxylic acids is 1. The predicted octanol–water partition coefficient (Wildman–Crippen LogP) is 6.17. The number of carboxylic acid groups (broad SMARTS) is 1. The van der Waals surface area contributed by atoms with Crippen LogP contribution < -0.4 is 4.74 Å². The third kappa shape index (κ3) is 5.88. The highest BCUT2D eigenvalue weighted by atomic mass is 19.1. The average Bonchev–Trinajstić information content (AvgIpc) is 3.31. The molecule has 224 valence electrons. The van der Waals surface area contributed by atoms with Crippen LogP contribution in [0.1, 0.15) is 46.2 Å². The van der Waals surface area contributed by atoms with Crippen LogP contribution in [-0.4, -0.2) is 49.0 Å². The lowest BCUT2D eigenvalue weighted by molar-refractivity contribution is -0.136. The van der Waals surface area contributed by atoms with E-state index in [9.17, 15) is 19.1 Å². The molecule has 0 bridgehead atoms. The zero-order valence-electron chi connectivity index (χ0n) is 24.3. The first-order chi connectivity index (χ1) is 21.2. The molecule has 1 atom stereocenters. The number of nitrogens with zero attached hydrogens (tertiary/aromatic N) is 4. The molecule has 1 saturated heterocycles. The largest absolute Gasteiger partial charge is 0.478 e. The van der Waals surface area contributed by atoms with Gasteiger partial charge in [0.25, 0.3) is 0 Å². The number of amides is 1. The van der Waals surface area contributed by atoms with E-state index in [-0.39, 0.29) is 42.2 Å². The first-order valence-electron chi connectivity index (χ1n) is 14.3. The predicted molar refractivity (Wildman–Crippen MR) is 160 cm³/mol. The van der Waals surface area contributed by atoms with E-state index in [1.165, 1.54) is 25.1 Å². The van der Waals surface area contributed by atoms with Crippen LogP contribution in [0.25, 0.3) is 22.3 Å². The van der Waals surface area contributed by atoms with Crippen LogP contribution in [0, 0.1) is 18.6 Å². The van der Waals surface area contributed by atoms with E-state index in [1.54, 1.807) is 53.4 Å². The van der Waals surface area contributed by atoms with Gasteiger partial charge in [0.2, 0.25) is 11.8 Å². The van der Waals surface area contributed by atoms with Crippen LogP contribution in [0.4, 0.5) is 8.78 Å². The Morgan fingerprint density at radius 1 is 0.977 bits per heavy atom. The lowest BCUT2D eigenvalue weighted by Gasteiger charge is -2.41. The molecule has 5 aromatic rings. The Bertz CT molecular complexity index is 1900. The highest BCUT2D eigenvalue weighted by Crippen LogP contribution is 2.28. The number of carboxylic acids is 1. The van der Waals surface area contributed by atoms with Gasteiger partial charge in [-0.2, -0.15) is 0 Å². The Kier molecular flexibility index (Phi) is 7.82. The SMILES string of the molecule is CC(=O)N1CC[C@@H]1Cn1c(Cc2ccc(-c3cccc(OCc4ccc(C)cc4F)n3)cc2F)nc2ccc(C(=O)O)cc21. The highest BCUT2D eigenvalue weighted by Gasteiger charge is 2.31. The van der Waals surface area contributed by atoms with Crippen LogP contribution >= 0.6 is 0 Å². The zero-order valence-corrected chi connectivity index (χ0v) is 24.3. The van der Waals surface area contributed by atoms with E-state index < -0.39 is 11.8 Å². The molecule has 2 aromatic heterocycles. The van der Waals surface area contributed by atoms with Crippen LogP contribution in [0.5, 0.6) is 5.88 Å². The normalized spacial score (nSPS) is 14.5. The van der Waals surface area contributed by atoms with Crippen molar-refractivity contribution in [2.45, 2.75) is 45.9 Å². The molecule has 0 spiro atoms. The van der Waals surface area contributed by atoms with Crippen molar-refractivity contribution in [2.24, 2.45) is 0 Å². The summed E-state index contributed by atoms with van der Waals surface area (Å²) < 4.78 is 37.4. The van der Waals surface area contributed by atoms with Gasteiger partial charge in [0, 0.05) is 43.6 Å². The number of aromatic nitrogens is 3. The fraction of sp³-hybridized carbons (Fsp3) is 0.235. The fourth-order valence-corrected chi connectivity index (χ4v) is 5.50. The minimum Gasteiger partial charge on any atom is -0.478 e. The molecule has 0 unspecified atom stereocenters. The molecule has 8 nitrogen and oxygen atoms in total. The van der Waals surface area contributed by atoms with Crippen molar-refractivity contribution in [3.05, 3.63) is 113 Å². The van der Waals surface area contributed by atoms with E-state index in [1.807, 2.05) is 17.6 Å². The van der Waals surface area contributed by atoms with Crippen molar-refractivity contribution in [1.29, 1.82) is 0 Å². The molecule has 1 fully saturated rings. The number of benzene rings is 3. The van der Waals surface area contributed by atoms with Gasteiger partial charge < -0.3 is 19.3 Å². The lowest BCUT2D eigenvalue weighted by Crippen LogP contribution is -2.52. The van der Waals surface area contributed by atoms with Gasteiger partial charge in [0.05, 0.1) is 28.3 Å². The molecule has 1 aliphatic heterocycles. The minimum atomic E-state index is -1.05. The highest BCUT2D eigenvalue weighted by molar-refractivity contribution is 5.92. The molecule has 44 heavy (non-hydrogen) atoms. The lowest BCUT2D eigenvalue weighted by atomic mass is 10.0. The zero-order chi connectivity index (χ0) is 31.0. The molecular formula is C34H30F2N4O4. The van der Waals surface area contributed by atoms with Crippen molar-refractivity contribution < 1.29 is 28.2 Å². The second-order valence-electron chi connectivity index (χ2n) is 11.0. The second-order valence-corrected chi connectivity index (χ2v) is 11.0. The van der Waals surface area contributed by atoms with Crippen molar-refractivity contribution in [1.82, 2.24) is 19.4 Å².